The fourth-order valence-electron chi connectivity index (χ4n) is 4.49. The second kappa shape index (κ2) is 11.5. The molecule has 1 aliphatic rings. The number of nitrogens with one attached hydrogen (secondary N) is 1. The number of ether oxygens (including phenoxy) is 1. The lowest BCUT2D eigenvalue weighted by molar-refractivity contribution is -0.155. The number of hydroxylamine groups is 2. The normalized spacial score (nSPS) is 17.9. The lowest BCUT2D eigenvalue weighted by Gasteiger charge is -2.17. The van der Waals surface area contributed by atoms with E-state index in [9.17, 15) is 14.0 Å². The molecule has 0 aliphatic carbocycles. The van der Waals surface area contributed by atoms with E-state index in [1.807, 2.05) is 30.3 Å². The molecule has 2 aromatic heterocycles. The average molecular weight is 496 g/mol. The highest BCUT2D eigenvalue weighted by Gasteiger charge is 2.37. The molecule has 1 aromatic carbocycles. The third kappa shape index (κ3) is 5.67. The molecule has 0 spiro atoms. The first-order valence-corrected chi connectivity index (χ1v) is 11.8. The monoisotopic (exact) mass is 495 g/mol. The van der Waals surface area contributed by atoms with Crippen molar-refractivity contribution in [3.63, 3.8) is 0 Å². The summed E-state index contributed by atoms with van der Waals surface area (Å²) in [7, 11) is 3.16. The number of hydrogen-bond acceptors (Lipinski definition) is 7. The molecular formula is C26H30FN5O4. The molecule has 0 bridgehead atoms. The van der Waals surface area contributed by atoms with Crippen molar-refractivity contribution in [2.75, 3.05) is 33.9 Å². The zero-order valence-corrected chi connectivity index (χ0v) is 20.6. The molecule has 1 N–H and O–H groups in total. The van der Waals surface area contributed by atoms with E-state index in [0.717, 1.165) is 5.69 Å². The molecule has 4 rings (SSSR count). The fraction of sp³-hybridized carbons (Fsp3) is 0.385. The van der Waals surface area contributed by atoms with Crippen LogP contribution in [0.2, 0.25) is 0 Å². The number of methoxy groups -OCH3 is 1. The number of Topliss-reactive ketones (excluding diaryl/α,β-unsaturated/α-hetero) is 1. The van der Waals surface area contributed by atoms with Crippen molar-refractivity contribution in [1.29, 1.82) is 0 Å². The minimum Gasteiger partial charge on any atom is -0.383 e. The van der Waals surface area contributed by atoms with Crippen LogP contribution in [0.1, 0.15) is 39.8 Å². The minimum atomic E-state index is -0.597. The predicted octanol–water partition coefficient (Wildman–Crippen LogP) is 2.83. The molecule has 3 heterocycles. The van der Waals surface area contributed by atoms with Gasteiger partial charge in [0.15, 0.2) is 5.69 Å². The summed E-state index contributed by atoms with van der Waals surface area (Å²) in [5.41, 5.74) is 2.99. The standard InChI is InChI=1S/C26H30FN5O4/c1-17-22(32(20-7-5-4-6-8-20)30-24(17)26(34)28-2)15-21(33)13-19-16-31(11-12-35-3)36-25(19)18-9-10-29-23(27)14-18/h4-10,14,19,25H,11-13,15-16H2,1-3H3,(H,28,34)/t19-,25+/m1/s1. The quantitative estimate of drug-likeness (QED) is 0.432. The summed E-state index contributed by atoms with van der Waals surface area (Å²) in [4.78, 5) is 35.5. The van der Waals surface area contributed by atoms with Gasteiger partial charge in [0.2, 0.25) is 5.95 Å². The topological polar surface area (TPSA) is 98.6 Å². The van der Waals surface area contributed by atoms with Gasteiger partial charge in [-0.25, -0.2) is 9.67 Å². The predicted molar refractivity (Wildman–Crippen MR) is 130 cm³/mol. The third-order valence-electron chi connectivity index (χ3n) is 6.29. The summed E-state index contributed by atoms with van der Waals surface area (Å²) in [5.74, 6) is -1.13. The molecule has 10 heteroatoms. The maximum Gasteiger partial charge on any atom is 0.271 e. The number of amides is 1. The van der Waals surface area contributed by atoms with Crippen LogP contribution in [-0.4, -0.2) is 65.4 Å². The van der Waals surface area contributed by atoms with Crippen LogP contribution in [-0.2, 0) is 20.8 Å². The van der Waals surface area contributed by atoms with Crippen LogP contribution < -0.4 is 5.32 Å². The molecule has 1 amide bonds. The van der Waals surface area contributed by atoms with Crippen molar-refractivity contribution in [1.82, 2.24) is 25.1 Å². The zero-order chi connectivity index (χ0) is 25.7. The molecule has 1 saturated heterocycles. The SMILES string of the molecule is CNC(=O)c1nn(-c2ccccc2)c(CC(=O)C[C@@H]2CN(CCOC)O[C@H]2c2ccnc(F)c2)c1C. The smallest absolute Gasteiger partial charge is 0.271 e. The van der Waals surface area contributed by atoms with Gasteiger partial charge in [-0.05, 0) is 36.8 Å². The van der Waals surface area contributed by atoms with Gasteiger partial charge in [0.25, 0.3) is 5.91 Å². The number of nitrogens with zero attached hydrogens (tertiary/aromatic N) is 4. The number of halogens is 1. The van der Waals surface area contributed by atoms with Gasteiger partial charge in [0.05, 0.1) is 18.0 Å². The molecule has 0 unspecified atom stereocenters. The van der Waals surface area contributed by atoms with Gasteiger partial charge in [-0.2, -0.15) is 14.6 Å². The first-order chi connectivity index (χ1) is 17.4. The van der Waals surface area contributed by atoms with Crippen LogP contribution in [0.5, 0.6) is 0 Å². The number of aromatic nitrogens is 3. The van der Waals surface area contributed by atoms with Gasteiger partial charge >= 0.3 is 0 Å². The van der Waals surface area contributed by atoms with Crippen molar-refractivity contribution in [3.05, 3.63) is 77.1 Å². The Labute approximate surface area is 209 Å². The van der Waals surface area contributed by atoms with E-state index in [4.69, 9.17) is 9.57 Å². The number of carbonyl (C=O) groups excluding carboxylic acids is 2. The number of benzene rings is 1. The second-order valence-electron chi connectivity index (χ2n) is 8.75. The van der Waals surface area contributed by atoms with Crippen LogP contribution in [0.3, 0.4) is 0 Å². The van der Waals surface area contributed by atoms with Crippen molar-refractivity contribution < 1.29 is 23.6 Å². The first kappa shape index (κ1) is 25.6. The van der Waals surface area contributed by atoms with E-state index in [-0.39, 0.29) is 36.1 Å². The Morgan fingerprint density at radius 2 is 2.03 bits per heavy atom. The summed E-state index contributed by atoms with van der Waals surface area (Å²) in [6.07, 6.45) is 1.22. The molecule has 9 nitrogen and oxygen atoms in total. The Morgan fingerprint density at radius 1 is 1.25 bits per heavy atom. The van der Waals surface area contributed by atoms with Crippen molar-refractivity contribution in [2.45, 2.75) is 25.9 Å². The molecular weight excluding hydrogens is 465 g/mol. The third-order valence-corrected chi connectivity index (χ3v) is 6.29. The average Bonchev–Trinajstić information content (AvgIpc) is 3.43. The van der Waals surface area contributed by atoms with Gasteiger partial charge in [-0.1, -0.05) is 18.2 Å². The summed E-state index contributed by atoms with van der Waals surface area (Å²) >= 11 is 0. The van der Waals surface area contributed by atoms with Gasteiger partial charge in [0, 0.05) is 57.8 Å². The summed E-state index contributed by atoms with van der Waals surface area (Å²) in [5, 5.41) is 8.88. The summed E-state index contributed by atoms with van der Waals surface area (Å²) in [6.45, 7) is 3.30. The van der Waals surface area contributed by atoms with E-state index in [0.29, 0.717) is 36.5 Å². The molecule has 1 fully saturated rings. The number of carbonyl (C=O) groups is 2. The fourth-order valence-corrected chi connectivity index (χ4v) is 4.49. The molecule has 2 atom stereocenters. The Balaban J connectivity index is 1.58. The van der Waals surface area contributed by atoms with Crippen LogP contribution in [0.4, 0.5) is 4.39 Å². The zero-order valence-electron chi connectivity index (χ0n) is 20.6. The Morgan fingerprint density at radius 3 is 2.72 bits per heavy atom. The maximum absolute atomic E-state index is 13.8. The van der Waals surface area contributed by atoms with Crippen molar-refractivity contribution in [2.24, 2.45) is 5.92 Å². The highest BCUT2D eigenvalue weighted by atomic mass is 19.1. The van der Waals surface area contributed by atoms with Gasteiger partial charge in [-0.3, -0.25) is 14.4 Å². The van der Waals surface area contributed by atoms with E-state index < -0.39 is 12.1 Å². The van der Waals surface area contributed by atoms with E-state index in [1.165, 1.54) is 12.3 Å². The Hall–Kier alpha value is -3.47. The maximum atomic E-state index is 13.8. The van der Waals surface area contributed by atoms with Gasteiger partial charge < -0.3 is 10.1 Å². The number of rotatable bonds is 10. The first-order valence-electron chi connectivity index (χ1n) is 11.8. The van der Waals surface area contributed by atoms with Crippen molar-refractivity contribution >= 4 is 11.7 Å². The highest BCUT2D eigenvalue weighted by Crippen LogP contribution is 2.36. The summed E-state index contributed by atoms with van der Waals surface area (Å²) < 4.78 is 20.6. The molecule has 1 aliphatic heterocycles. The minimum absolute atomic E-state index is 0.0274. The van der Waals surface area contributed by atoms with Crippen LogP contribution in [0.25, 0.3) is 5.69 Å². The van der Waals surface area contributed by atoms with Gasteiger partial charge in [-0.15, -0.1) is 0 Å². The molecule has 190 valence electrons. The molecule has 3 aromatic rings. The lowest BCUT2D eigenvalue weighted by atomic mass is 9.91. The molecule has 0 saturated carbocycles. The largest absolute Gasteiger partial charge is 0.383 e. The number of pyridine rings is 1. The van der Waals surface area contributed by atoms with E-state index in [2.05, 4.69) is 15.4 Å². The second-order valence-corrected chi connectivity index (χ2v) is 8.75. The van der Waals surface area contributed by atoms with Crippen LogP contribution in [0.15, 0.2) is 48.7 Å². The lowest BCUT2D eigenvalue weighted by Crippen LogP contribution is -2.24. The van der Waals surface area contributed by atoms with Crippen LogP contribution >= 0.6 is 0 Å². The highest BCUT2D eigenvalue weighted by molar-refractivity contribution is 5.94. The molecule has 36 heavy (non-hydrogen) atoms. The number of para-hydroxylation sites is 1. The molecule has 0 radical (unpaired) electrons. The van der Waals surface area contributed by atoms with Gasteiger partial charge in [0.1, 0.15) is 11.9 Å². The van der Waals surface area contributed by atoms with E-state index >= 15 is 0 Å². The Bertz CT molecular complexity index is 1220. The van der Waals surface area contributed by atoms with E-state index in [1.54, 1.807) is 36.9 Å². The van der Waals surface area contributed by atoms with Crippen molar-refractivity contribution in [3.8, 4) is 5.69 Å². The van der Waals surface area contributed by atoms with Crippen LogP contribution in [0, 0.1) is 18.8 Å². The summed E-state index contributed by atoms with van der Waals surface area (Å²) in [6, 6.07) is 12.4. The number of ketones is 1. The number of hydrogen-bond donors (Lipinski definition) is 1. The Kier molecular flexibility index (Phi) is 8.19.